The van der Waals surface area contributed by atoms with Gasteiger partial charge in [0.25, 0.3) is 5.91 Å². The molecule has 0 atom stereocenters. The van der Waals surface area contributed by atoms with Gasteiger partial charge in [-0.2, -0.15) is 0 Å². The lowest BCUT2D eigenvalue weighted by Gasteiger charge is -2.25. The number of rotatable bonds is 5. The van der Waals surface area contributed by atoms with Crippen molar-refractivity contribution in [2.45, 2.75) is 19.4 Å². The lowest BCUT2D eigenvalue weighted by Crippen LogP contribution is -2.41. The third-order valence-electron chi connectivity index (χ3n) is 2.24. The number of benzene rings is 1. The second-order valence-electron chi connectivity index (χ2n) is 4.78. The first kappa shape index (κ1) is 14.4. The van der Waals surface area contributed by atoms with Gasteiger partial charge in [0.1, 0.15) is 0 Å². The van der Waals surface area contributed by atoms with Crippen LogP contribution < -0.4 is 4.74 Å². The molecule has 18 heavy (non-hydrogen) atoms. The van der Waals surface area contributed by atoms with Crippen LogP contribution in [0.3, 0.4) is 0 Å². The van der Waals surface area contributed by atoms with Crippen LogP contribution in [0.25, 0.3) is 0 Å². The highest BCUT2D eigenvalue weighted by atomic mass is 19.1. The number of likely N-dealkylation sites (N-methyl/N-ethyl adjacent to an activating group) is 1. The molecule has 0 spiro atoms. The number of hydrogen-bond donors (Lipinski definition) is 1. The smallest absolute Gasteiger partial charge is 0.260 e. The molecule has 0 heterocycles. The number of amides is 1. The summed E-state index contributed by atoms with van der Waals surface area (Å²) in [4.78, 5) is 13.0. The lowest BCUT2D eigenvalue weighted by atomic mass is 10.1. The van der Waals surface area contributed by atoms with Gasteiger partial charge in [0.05, 0.1) is 5.60 Å². The summed E-state index contributed by atoms with van der Waals surface area (Å²) in [5.41, 5.74) is -0.970. The van der Waals surface area contributed by atoms with E-state index in [0.717, 1.165) is 0 Å². The Balaban J connectivity index is 2.49. The minimum Gasteiger partial charge on any atom is -0.481 e. The topological polar surface area (TPSA) is 49.8 Å². The average Bonchev–Trinajstić information content (AvgIpc) is 2.25. The van der Waals surface area contributed by atoms with E-state index in [1.165, 1.54) is 17.0 Å². The zero-order valence-electron chi connectivity index (χ0n) is 10.8. The van der Waals surface area contributed by atoms with Crippen molar-refractivity contribution in [3.8, 4) is 5.75 Å². The van der Waals surface area contributed by atoms with E-state index in [1.807, 2.05) is 0 Å². The molecule has 0 aliphatic heterocycles. The van der Waals surface area contributed by atoms with Gasteiger partial charge < -0.3 is 14.7 Å². The van der Waals surface area contributed by atoms with Crippen molar-refractivity contribution in [3.05, 3.63) is 30.1 Å². The quantitative estimate of drug-likeness (QED) is 0.866. The predicted octanol–water partition coefficient (Wildman–Crippen LogP) is 1.43. The first-order valence-electron chi connectivity index (χ1n) is 5.63. The zero-order chi connectivity index (χ0) is 13.8. The van der Waals surface area contributed by atoms with Crippen LogP contribution in [0.2, 0.25) is 0 Å². The van der Waals surface area contributed by atoms with E-state index in [4.69, 9.17) is 4.74 Å². The highest BCUT2D eigenvalue weighted by Gasteiger charge is 2.19. The number of hydrogen-bond acceptors (Lipinski definition) is 3. The molecule has 0 aromatic heterocycles. The molecule has 0 bridgehead atoms. The summed E-state index contributed by atoms with van der Waals surface area (Å²) in [7, 11) is 1.56. The maximum Gasteiger partial charge on any atom is 0.260 e. The monoisotopic (exact) mass is 255 g/mol. The largest absolute Gasteiger partial charge is 0.481 e. The molecule has 1 aromatic rings. The van der Waals surface area contributed by atoms with Gasteiger partial charge in [-0.05, 0) is 26.0 Å². The third kappa shape index (κ3) is 4.71. The Hall–Kier alpha value is -1.62. The molecule has 0 aliphatic rings. The molecule has 1 amide bonds. The van der Waals surface area contributed by atoms with E-state index in [1.54, 1.807) is 33.0 Å². The molecule has 1 N–H and O–H groups in total. The number of ether oxygens (including phenoxy) is 1. The minimum absolute atomic E-state index is 0.0440. The average molecular weight is 255 g/mol. The fourth-order valence-electron chi connectivity index (χ4n) is 1.48. The number of carbonyl (C=O) groups is 1. The van der Waals surface area contributed by atoms with E-state index < -0.39 is 11.4 Å². The van der Waals surface area contributed by atoms with Crippen molar-refractivity contribution >= 4 is 5.91 Å². The minimum atomic E-state index is -0.970. The van der Waals surface area contributed by atoms with Gasteiger partial charge in [-0.1, -0.05) is 12.1 Å². The Labute approximate surface area is 106 Å². The second-order valence-corrected chi connectivity index (χ2v) is 4.78. The Morgan fingerprint density at radius 1 is 1.44 bits per heavy atom. The Morgan fingerprint density at radius 2 is 2.06 bits per heavy atom. The summed E-state index contributed by atoms with van der Waals surface area (Å²) >= 11 is 0. The Kier molecular flexibility index (Phi) is 4.67. The lowest BCUT2D eigenvalue weighted by molar-refractivity contribution is -0.134. The summed E-state index contributed by atoms with van der Waals surface area (Å²) in [5, 5.41) is 9.57. The molecule has 1 rings (SSSR count). The van der Waals surface area contributed by atoms with Gasteiger partial charge >= 0.3 is 0 Å². The summed E-state index contributed by atoms with van der Waals surface area (Å²) in [6.45, 7) is 3.14. The van der Waals surface area contributed by atoms with Crippen molar-refractivity contribution in [1.82, 2.24) is 4.90 Å². The van der Waals surface area contributed by atoms with E-state index in [9.17, 15) is 14.3 Å². The number of halogens is 1. The molecule has 0 saturated carbocycles. The normalized spacial score (nSPS) is 11.2. The molecule has 0 unspecified atom stereocenters. The van der Waals surface area contributed by atoms with Crippen LogP contribution in [-0.2, 0) is 4.79 Å². The van der Waals surface area contributed by atoms with Crippen LogP contribution in [0.5, 0.6) is 5.75 Å². The molecule has 100 valence electrons. The first-order chi connectivity index (χ1) is 8.29. The SMILES string of the molecule is CN(CC(C)(C)O)C(=O)COc1ccccc1F. The van der Waals surface area contributed by atoms with Crippen molar-refractivity contribution in [1.29, 1.82) is 0 Å². The summed E-state index contributed by atoms with van der Waals surface area (Å²) < 4.78 is 18.3. The van der Waals surface area contributed by atoms with Crippen LogP contribution >= 0.6 is 0 Å². The number of nitrogens with zero attached hydrogens (tertiary/aromatic N) is 1. The van der Waals surface area contributed by atoms with E-state index >= 15 is 0 Å². The highest BCUT2D eigenvalue weighted by Crippen LogP contribution is 2.15. The van der Waals surface area contributed by atoms with Gasteiger partial charge in [0.15, 0.2) is 18.2 Å². The molecule has 0 radical (unpaired) electrons. The van der Waals surface area contributed by atoms with E-state index in [2.05, 4.69) is 0 Å². The molecule has 4 nitrogen and oxygen atoms in total. The third-order valence-corrected chi connectivity index (χ3v) is 2.24. The fourth-order valence-corrected chi connectivity index (χ4v) is 1.48. The maximum absolute atomic E-state index is 13.2. The number of aliphatic hydroxyl groups is 1. The Bertz CT molecular complexity index is 415. The summed E-state index contributed by atoms with van der Waals surface area (Å²) in [5.74, 6) is -0.779. The van der Waals surface area contributed by atoms with Crippen LogP contribution in [0.1, 0.15) is 13.8 Å². The van der Waals surface area contributed by atoms with Crippen molar-refractivity contribution in [2.24, 2.45) is 0 Å². The standard InChI is InChI=1S/C13H18FNO3/c1-13(2,17)9-15(3)12(16)8-18-11-7-5-4-6-10(11)14/h4-7,17H,8-9H2,1-3H3. The molecular formula is C13H18FNO3. The van der Waals surface area contributed by atoms with Crippen LogP contribution in [-0.4, -0.2) is 41.7 Å². The molecule has 0 saturated heterocycles. The molecule has 5 heteroatoms. The van der Waals surface area contributed by atoms with Crippen molar-refractivity contribution in [2.75, 3.05) is 20.2 Å². The van der Waals surface area contributed by atoms with Crippen LogP contribution in [0.4, 0.5) is 4.39 Å². The second kappa shape index (κ2) is 5.82. The van der Waals surface area contributed by atoms with E-state index in [-0.39, 0.29) is 24.8 Å². The Morgan fingerprint density at radius 3 is 2.61 bits per heavy atom. The highest BCUT2D eigenvalue weighted by molar-refractivity contribution is 5.77. The maximum atomic E-state index is 13.2. The zero-order valence-corrected chi connectivity index (χ0v) is 10.8. The van der Waals surface area contributed by atoms with Crippen molar-refractivity contribution in [3.63, 3.8) is 0 Å². The summed E-state index contributed by atoms with van der Waals surface area (Å²) in [6, 6.07) is 5.90. The van der Waals surface area contributed by atoms with Gasteiger partial charge in [-0.25, -0.2) is 4.39 Å². The van der Waals surface area contributed by atoms with Crippen molar-refractivity contribution < 1.29 is 19.0 Å². The summed E-state index contributed by atoms with van der Waals surface area (Å²) in [6.07, 6.45) is 0. The predicted molar refractivity (Wildman–Crippen MR) is 65.8 cm³/mol. The molecule has 1 aromatic carbocycles. The number of carbonyl (C=O) groups excluding carboxylic acids is 1. The fraction of sp³-hybridized carbons (Fsp3) is 0.462. The molecular weight excluding hydrogens is 237 g/mol. The number of para-hydroxylation sites is 1. The van der Waals surface area contributed by atoms with Gasteiger partial charge in [0.2, 0.25) is 0 Å². The molecule has 0 aliphatic carbocycles. The van der Waals surface area contributed by atoms with Gasteiger partial charge in [-0.3, -0.25) is 4.79 Å². The molecule has 0 fully saturated rings. The van der Waals surface area contributed by atoms with E-state index in [0.29, 0.717) is 0 Å². The van der Waals surface area contributed by atoms with Crippen LogP contribution in [0.15, 0.2) is 24.3 Å². The van der Waals surface area contributed by atoms with Gasteiger partial charge in [0, 0.05) is 13.6 Å². The first-order valence-corrected chi connectivity index (χ1v) is 5.63. The van der Waals surface area contributed by atoms with Crippen LogP contribution in [0, 0.1) is 5.82 Å². The van der Waals surface area contributed by atoms with Gasteiger partial charge in [-0.15, -0.1) is 0 Å².